The minimum atomic E-state index is -4.36. The summed E-state index contributed by atoms with van der Waals surface area (Å²) in [7, 11) is -4.36. The number of hydrogen-bond acceptors (Lipinski definition) is 16. The molecule has 504 valence electrons. The van der Waals surface area contributed by atoms with Crippen LogP contribution in [-0.2, 0) is 77.1 Å². The van der Waals surface area contributed by atoms with Gasteiger partial charge < -0.3 is 34.7 Å². The molecule has 3 N–H and O–H groups in total. The van der Waals surface area contributed by atoms with E-state index in [1.165, 1.54) is 6.92 Å². The van der Waals surface area contributed by atoms with E-state index in [-0.39, 0.29) is 68.2 Å². The van der Waals surface area contributed by atoms with E-state index in [9.17, 15) is 38.4 Å². The number of esters is 2. The van der Waals surface area contributed by atoms with E-state index in [1.54, 1.807) is 87.5 Å². The molecular formula is C75H93N2O16P. The van der Waals surface area contributed by atoms with Gasteiger partial charge in [0.1, 0.15) is 18.8 Å². The minimum Gasteiger partial charge on any atom is -0.465 e. The topological polar surface area (TPSA) is 245 Å². The second kappa shape index (κ2) is 27.0. The van der Waals surface area contributed by atoms with Crippen molar-refractivity contribution in [3.05, 3.63) is 149 Å². The number of allylic oxidation sites excluding steroid dienone is 4. The molecule has 10 rings (SSSR count). The first-order valence-electron chi connectivity index (χ1n) is 33.1. The smallest absolute Gasteiger partial charge is 0.465 e. The molecule has 1 saturated heterocycles. The molecule has 0 unspecified atom stereocenters. The van der Waals surface area contributed by atoms with Crippen LogP contribution in [0.2, 0.25) is 0 Å². The van der Waals surface area contributed by atoms with E-state index in [0.29, 0.717) is 36.9 Å². The fourth-order valence-corrected chi connectivity index (χ4v) is 17.4. The molecule has 18 nitrogen and oxygen atoms in total. The summed E-state index contributed by atoms with van der Waals surface area (Å²) >= 11 is 0. The lowest BCUT2D eigenvalue weighted by molar-refractivity contribution is -0.201. The predicted octanol–water partition coefficient (Wildman–Crippen LogP) is 13.2. The van der Waals surface area contributed by atoms with Gasteiger partial charge in [-0.15, -0.1) is 0 Å². The van der Waals surface area contributed by atoms with Gasteiger partial charge in [-0.25, -0.2) is 4.57 Å². The van der Waals surface area contributed by atoms with E-state index in [2.05, 4.69) is 17.6 Å². The van der Waals surface area contributed by atoms with Crippen LogP contribution in [0, 0.1) is 40.4 Å². The molecule has 94 heavy (non-hydrogen) atoms. The lowest BCUT2D eigenvalue weighted by Crippen LogP contribution is -2.63. The Balaban J connectivity index is 0.770. The van der Waals surface area contributed by atoms with E-state index in [4.69, 9.17) is 32.5 Å². The van der Waals surface area contributed by atoms with Crippen molar-refractivity contribution in [3.8, 4) is 11.1 Å². The van der Waals surface area contributed by atoms with Gasteiger partial charge in [-0.2, -0.15) is 0 Å². The van der Waals surface area contributed by atoms with E-state index in [1.807, 2.05) is 104 Å². The van der Waals surface area contributed by atoms with Crippen molar-refractivity contribution in [1.29, 1.82) is 0 Å². The number of nitrogens with one attached hydrogen (secondary N) is 2. The number of carbonyl (C=O) groups excluding carboxylic acids is 7. The fourth-order valence-electron chi connectivity index (χ4n) is 15.6. The van der Waals surface area contributed by atoms with Gasteiger partial charge in [0.15, 0.2) is 29.2 Å². The number of ketones is 3. The highest BCUT2D eigenvalue weighted by atomic mass is 31.2. The summed E-state index contributed by atoms with van der Waals surface area (Å²) in [5, 5.41) is 18.1. The molecule has 19 heteroatoms. The minimum absolute atomic E-state index is 0.0313. The Hall–Kier alpha value is -6.76. The van der Waals surface area contributed by atoms with Crippen LogP contribution < -0.4 is 10.6 Å². The van der Waals surface area contributed by atoms with Crippen LogP contribution in [0.5, 0.6) is 0 Å². The van der Waals surface area contributed by atoms with Crippen LogP contribution in [0.25, 0.3) is 11.1 Å². The van der Waals surface area contributed by atoms with Gasteiger partial charge in [-0.3, -0.25) is 47.1 Å². The van der Waals surface area contributed by atoms with Gasteiger partial charge in [-0.1, -0.05) is 117 Å². The lowest BCUT2D eigenvalue weighted by atomic mass is 9.46. The van der Waals surface area contributed by atoms with E-state index >= 15 is 4.79 Å². The summed E-state index contributed by atoms with van der Waals surface area (Å²) in [5.41, 5.74) is 2.34. The molecule has 12 atom stereocenters. The van der Waals surface area contributed by atoms with Crippen LogP contribution in [0.3, 0.4) is 0 Å². The first-order chi connectivity index (χ1) is 44.1. The van der Waals surface area contributed by atoms with Crippen molar-refractivity contribution in [2.75, 3.05) is 18.5 Å². The van der Waals surface area contributed by atoms with Crippen molar-refractivity contribution in [3.63, 3.8) is 0 Å². The van der Waals surface area contributed by atoms with Crippen molar-refractivity contribution in [2.24, 2.45) is 40.4 Å². The van der Waals surface area contributed by atoms with Crippen molar-refractivity contribution in [1.82, 2.24) is 5.32 Å². The van der Waals surface area contributed by atoms with Crippen LogP contribution in [0.15, 0.2) is 121 Å². The highest BCUT2D eigenvalue weighted by molar-refractivity contribution is 7.48. The van der Waals surface area contributed by atoms with Gasteiger partial charge in [0, 0.05) is 58.6 Å². The molecule has 1 heterocycles. The molecule has 5 aliphatic carbocycles. The standard InChI is InChI=1S/C75H93N2O16P/c1-44(35-60(79)45(2)76-68(85)49(29-32-64(82)90-70(3,4)5)38-65(83)87-42-58-55-23-16-14-21-53(55)54-22-15-17-24-56(54)58)67(84)77-51-20-18-19-47(37-51)36-46-25-27-48(28-26-46)69-89-63-40-59-57-31-30-50-39-52(78)33-34-73(50,12)66(57)61(80)41-74(59,13)75(63,91-69)62(81)43-88-94(86,92-71(6,7)8)93-72(9,10)11/h14-28,33-34,37,39,44-45,49,57-59,61,63,66,69,80H,29-32,35-36,38,40-43H2,1-13H3,(H,76,85)(H,77,84)/t44-,45+,49-,57+,59+,61+,63-,66-,69-,73+,74+,75-/m1/s1. The van der Waals surface area contributed by atoms with Crippen molar-refractivity contribution in [2.45, 2.75) is 201 Å². The first-order valence-corrected chi connectivity index (χ1v) is 34.6. The summed E-state index contributed by atoms with van der Waals surface area (Å²) < 4.78 is 57.6. The summed E-state index contributed by atoms with van der Waals surface area (Å²) in [6.07, 6.45) is 4.38. The highest BCUT2D eigenvalue weighted by Gasteiger charge is 2.76. The molecule has 4 aromatic carbocycles. The fraction of sp³-hybridized carbons (Fsp3) is 0.533. The average molecular weight is 1310 g/mol. The molecule has 2 amide bonds. The number of phosphoric ester groups is 1. The number of rotatable bonds is 23. The first kappa shape index (κ1) is 70.1. The number of fused-ring (bicyclic) bond motifs is 10. The van der Waals surface area contributed by atoms with Gasteiger partial charge in [0.2, 0.25) is 11.8 Å². The van der Waals surface area contributed by atoms with Gasteiger partial charge in [0.25, 0.3) is 0 Å². The zero-order valence-corrected chi connectivity index (χ0v) is 57.4. The summed E-state index contributed by atoms with van der Waals surface area (Å²) in [6, 6.07) is 29.9. The third kappa shape index (κ3) is 15.1. The molecular weight excluding hydrogens is 1220 g/mol. The van der Waals surface area contributed by atoms with Crippen LogP contribution in [0.4, 0.5) is 5.69 Å². The maximum absolute atomic E-state index is 15.4. The zero-order valence-electron chi connectivity index (χ0n) is 56.5. The Morgan fingerprint density at radius 1 is 0.777 bits per heavy atom. The molecule has 0 aromatic heterocycles. The number of ether oxygens (including phenoxy) is 4. The number of anilines is 1. The lowest BCUT2D eigenvalue weighted by Gasteiger charge is -2.59. The Bertz CT molecular complexity index is 3620. The quantitative estimate of drug-likeness (QED) is 0.0461. The number of aliphatic hydroxyl groups is 1. The third-order valence-electron chi connectivity index (χ3n) is 19.7. The molecule has 4 fully saturated rings. The average Bonchev–Trinajstić information content (AvgIpc) is 1.48. The number of carbonyl (C=O) groups is 7. The van der Waals surface area contributed by atoms with Gasteiger partial charge in [-0.05, 0) is 177 Å². The van der Waals surface area contributed by atoms with Crippen LogP contribution >= 0.6 is 7.82 Å². The van der Waals surface area contributed by atoms with Crippen molar-refractivity contribution < 1.29 is 75.8 Å². The molecule has 0 bridgehead atoms. The Kier molecular flexibility index (Phi) is 20.1. The predicted molar refractivity (Wildman–Crippen MR) is 354 cm³/mol. The van der Waals surface area contributed by atoms with Crippen LogP contribution in [0.1, 0.15) is 181 Å². The van der Waals surface area contributed by atoms with Crippen LogP contribution in [-0.4, -0.2) is 100 Å². The number of aliphatic hydroxyl groups excluding tert-OH is 1. The van der Waals surface area contributed by atoms with E-state index < -0.39 is 119 Å². The number of hydrogen-bond donors (Lipinski definition) is 3. The Morgan fingerprint density at radius 2 is 1.43 bits per heavy atom. The molecule has 6 aliphatic rings. The molecule has 3 saturated carbocycles. The monoisotopic (exact) mass is 1310 g/mol. The Labute approximate surface area is 552 Å². The maximum Gasteiger partial charge on any atom is 0.476 e. The maximum atomic E-state index is 15.4. The molecule has 0 spiro atoms. The molecule has 4 aromatic rings. The SMILES string of the molecule is C[C@H](CC(=O)[C@H](C)NC(=O)[C@H](CCC(=O)OC(C)(C)C)CC(=O)OCC1c2ccccc2-c2ccccc21)C(=O)Nc1cccc(Cc2ccc([C@@H]3O[C@@H]4C[C@H]5[C@@H]6CCC7=CC(=O)C=C[C@]7(C)[C@H]6[C@@H](O)C[C@]5(C)[C@]4(C(=O)COP(=O)(OC(C)(C)C)OC(C)(C)C)O3)cc2)c1. The normalized spacial score (nSPS) is 26.4. The summed E-state index contributed by atoms with van der Waals surface area (Å²) in [5.74, 6) is -5.55. The second-order valence-corrected chi connectivity index (χ2v) is 31.7. The largest absolute Gasteiger partial charge is 0.476 e. The van der Waals surface area contributed by atoms with E-state index in [0.717, 1.165) is 39.0 Å². The summed E-state index contributed by atoms with van der Waals surface area (Å²) in [4.78, 5) is 95.7. The number of phosphoric acid groups is 1. The molecule has 0 radical (unpaired) electrons. The second-order valence-electron chi connectivity index (χ2n) is 30.2. The Morgan fingerprint density at radius 3 is 2.06 bits per heavy atom. The summed E-state index contributed by atoms with van der Waals surface area (Å²) in [6.45, 7) is 22.2. The number of Topliss-reactive ketones (excluding diaryl/α,β-unsaturated/α-hetero) is 2. The zero-order chi connectivity index (χ0) is 68.1. The number of benzene rings is 4. The molecule has 1 aliphatic heterocycles. The van der Waals surface area contributed by atoms with Gasteiger partial charge >= 0.3 is 19.8 Å². The van der Waals surface area contributed by atoms with Crippen molar-refractivity contribution >= 4 is 54.6 Å². The highest BCUT2D eigenvalue weighted by Crippen LogP contribution is 2.71. The number of amides is 2. The third-order valence-corrected chi connectivity index (χ3v) is 21.7. The van der Waals surface area contributed by atoms with Gasteiger partial charge in [0.05, 0.1) is 35.9 Å².